The molecule has 1 aliphatic rings. The molecule has 0 unspecified atom stereocenters. The molecule has 4 rings (SSSR count). The minimum absolute atomic E-state index is 0.0228. The highest BCUT2D eigenvalue weighted by Crippen LogP contribution is 2.38. The normalized spacial score (nSPS) is 16.2. The van der Waals surface area contributed by atoms with Crippen molar-refractivity contribution in [2.75, 3.05) is 39.3 Å². The lowest BCUT2D eigenvalue weighted by molar-refractivity contribution is -0.121. The fraction of sp³-hybridized carbons (Fsp3) is 0.391. The number of anilines is 1. The number of piperidine rings is 1. The first kappa shape index (κ1) is 21.2. The number of amides is 1. The molecule has 1 amide bonds. The zero-order valence-electron chi connectivity index (χ0n) is 18.0. The molecule has 8 heteroatoms. The van der Waals surface area contributed by atoms with Gasteiger partial charge in [-0.05, 0) is 42.7 Å². The summed E-state index contributed by atoms with van der Waals surface area (Å²) in [6, 6.07) is 11.9. The highest BCUT2D eigenvalue weighted by molar-refractivity contribution is 7.22. The predicted molar refractivity (Wildman–Crippen MR) is 123 cm³/mol. The summed E-state index contributed by atoms with van der Waals surface area (Å²) in [5, 5.41) is 4.21. The third-order valence-corrected chi connectivity index (χ3v) is 6.53. The van der Waals surface area contributed by atoms with E-state index in [0.29, 0.717) is 17.2 Å². The van der Waals surface area contributed by atoms with Gasteiger partial charge in [0, 0.05) is 19.1 Å². The molecule has 0 saturated carbocycles. The first-order valence-corrected chi connectivity index (χ1v) is 11.1. The van der Waals surface area contributed by atoms with Crippen molar-refractivity contribution in [1.82, 2.24) is 10.3 Å². The Balaban J connectivity index is 1.41. The highest BCUT2D eigenvalue weighted by atomic mass is 32.1. The standard InChI is InChI=1S/C23H27N3O4S/c1-28-18-11-15(12-19(29-2)22(18)30-3)13-21(27)24-16-7-6-10-26(14-16)23-25-17-8-4-5-9-20(17)31-23/h4-5,8-9,11-12,16H,6-7,10,13-14H2,1-3H3,(H,24,27)/t16-/m0/s1. The summed E-state index contributed by atoms with van der Waals surface area (Å²) in [6.07, 6.45) is 2.22. The van der Waals surface area contributed by atoms with E-state index < -0.39 is 0 Å². The van der Waals surface area contributed by atoms with E-state index in [0.717, 1.165) is 42.1 Å². The van der Waals surface area contributed by atoms with Crippen LogP contribution in [-0.4, -0.2) is 51.4 Å². The van der Waals surface area contributed by atoms with E-state index in [-0.39, 0.29) is 18.4 Å². The quantitative estimate of drug-likeness (QED) is 0.603. The van der Waals surface area contributed by atoms with E-state index in [2.05, 4.69) is 16.3 Å². The van der Waals surface area contributed by atoms with Gasteiger partial charge in [0.05, 0.1) is 38.0 Å². The number of nitrogens with one attached hydrogen (secondary N) is 1. The average Bonchev–Trinajstić information content (AvgIpc) is 3.23. The number of carbonyl (C=O) groups is 1. The Morgan fingerprint density at radius 3 is 2.58 bits per heavy atom. The molecule has 2 heterocycles. The molecular formula is C23H27N3O4S. The molecule has 1 atom stereocenters. The molecule has 3 aromatic rings. The van der Waals surface area contributed by atoms with Crippen LogP contribution in [0, 0.1) is 0 Å². The predicted octanol–water partition coefficient (Wildman–Crippen LogP) is 3.65. The number of aromatic nitrogens is 1. The van der Waals surface area contributed by atoms with E-state index >= 15 is 0 Å². The molecule has 0 bridgehead atoms. The molecule has 1 saturated heterocycles. The topological polar surface area (TPSA) is 72.9 Å². The van der Waals surface area contributed by atoms with Crippen LogP contribution < -0.4 is 24.4 Å². The lowest BCUT2D eigenvalue weighted by atomic mass is 10.0. The van der Waals surface area contributed by atoms with Crippen LogP contribution in [-0.2, 0) is 11.2 Å². The smallest absolute Gasteiger partial charge is 0.224 e. The summed E-state index contributed by atoms with van der Waals surface area (Å²) in [5.41, 5.74) is 1.84. The fourth-order valence-corrected chi connectivity index (χ4v) is 4.97. The summed E-state index contributed by atoms with van der Waals surface area (Å²) < 4.78 is 17.3. The molecule has 0 radical (unpaired) electrons. The summed E-state index contributed by atoms with van der Waals surface area (Å²) >= 11 is 1.70. The fourth-order valence-electron chi connectivity index (χ4n) is 3.97. The van der Waals surface area contributed by atoms with Gasteiger partial charge < -0.3 is 24.4 Å². The van der Waals surface area contributed by atoms with E-state index in [4.69, 9.17) is 19.2 Å². The van der Waals surface area contributed by atoms with Crippen molar-refractivity contribution in [3.63, 3.8) is 0 Å². The van der Waals surface area contributed by atoms with Gasteiger partial charge in [-0.2, -0.15) is 0 Å². The van der Waals surface area contributed by atoms with Crippen molar-refractivity contribution in [2.24, 2.45) is 0 Å². The average molecular weight is 442 g/mol. The van der Waals surface area contributed by atoms with E-state index in [1.54, 1.807) is 32.7 Å². The third-order valence-electron chi connectivity index (χ3n) is 5.43. The van der Waals surface area contributed by atoms with Crippen molar-refractivity contribution in [2.45, 2.75) is 25.3 Å². The van der Waals surface area contributed by atoms with Gasteiger partial charge in [-0.1, -0.05) is 23.5 Å². The maximum Gasteiger partial charge on any atom is 0.224 e. The zero-order valence-corrected chi connectivity index (χ0v) is 18.8. The number of carbonyl (C=O) groups excluding carboxylic acids is 1. The Bertz CT molecular complexity index is 1010. The maximum absolute atomic E-state index is 12.8. The largest absolute Gasteiger partial charge is 0.493 e. The first-order valence-electron chi connectivity index (χ1n) is 10.3. The van der Waals surface area contributed by atoms with Crippen LogP contribution in [0.15, 0.2) is 36.4 Å². The maximum atomic E-state index is 12.8. The van der Waals surface area contributed by atoms with Crippen molar-refractivity contribution < 1.29 is 19.0 Å². The number of fused-ring (bicyclic) bond motifs is 1. The van der Waals surface area contributed by atoms with Crippen LogP contribution in [0.3, 0.4) is 0 Å². The van der Waals surface area contributed by atoms with Gasteiger partial charge >= 0.3 is 0 Å². The minimum atomic E-state index is -0.0228. The Hall–Kier alpha value is -3.00. The molecule has 0 spiro atoms. The first-order chi connectivity index (χ1) is 15.1. The Morgan fingerprint density at radius 2 is 1.90 bits per heavy atom. The number of thiazole rings is 1. The monoisotopic (exact) mass is 441 g/mol. The summed E-state index contributed by atoms with van der Waals surface area (Å²) in [5.74, 6) is 1.59. The lowest BCUT2D eigenvalue weighted by Crippen LogP contribution is -2.48. The second-order valence-electron chi connectivity index (χ2n) is 7.53. The van der Waals surface area contributed by atoms with Gasteiger partial charge in [-0.15, -0.1) is 0 Å². The molecule has 7 nitrogen and oxygen atoms in total. The van der Waals surface area contributed by atoms with Crippen LogP contribution in [0.25, 0.3) is 10.2 Å². The highest BCUT2D eigenvalue weighted by Gasteiger charge is 2.24. The lowest BCUT2D eigenvalue weighted by Gasteiger charge is -2.33. The van der Waals surface area contributed by atoms with Gasteiger partial charge in [-0.25, -0.2) is 4.98 Å². The molecule has 1 aliphatic heterocycles. The van der Waals surface area contributed by atoms with Crippen molar-refractivity contribution in [1.29, 1.82) is 0 Å². The van der Waals surface area contributed by atoms with Crippen molar-refractivity contribution in [3.05, 3.63) is 42.0 Å². The third kappa shape index (κ3) is 4.69. The van der Waals surface area contributed by atoms with Crippen molar-refractivity contribution in [3.8, 4) is 17.2 Å². The Labute approximate surface area is 185 Å². The van der Waals surface area contributed by atoms with Gasteiger partial charge in [0.1, 0.15) is 0 Å². The molecule has 164 valence electrons. The van der Waals surface area contributed by atoms with Crippen LogP contribution >= 0.6 is 11.3 Å². The number of methoxy groups -OCH3 is 3. The molecular weight excluding hydrogens is 414 g/mol. The Morgan fingerprint density at radius 1 is 1.16 bits per heavy atom. The van der Waals surface area contributed by atoms with Crippen LogP contribution in [0.4, 0.5) is 5.13 Å². The zero-order chi connectivity index (χ0) is 21.8. The van der Waals surface area contributed by atoms with Gasteiger partial charge in [0.25, 0.3) is 0 Å². The van der Waals surface area contributed by atoms with Crippen LogP contribution in [0.2, 0.25) is 0 Å². The molecule has 1 fully saturated rings. The number of hydrogen-bond acceptors (Lipinski definition) is 7. The summed E-state index contributed by atoms with van der Waals surface area (Å²) in [7, 11) is 4.70. The van der Waals surface area contributed by atoms with Crippen molar-refractivity contribution >= 4 is 32.6 Å². The summed E-state index contributed by atoms with van der Waals surface area (Å²) in [6.45, 7) is 1.72. The summed E-state index contributed by atoms with van der Waals surface area (Å²) in [4.78, 5) is 19.8. The molecule has 2 aromatic carbocycles. The second-order valence-corrected chi connectivity index (χ2v) is 8.54. The molecule has 1 N–H and O–H groups in total. The SMILES string of the molecule is COc1cc(CC(=O)N[C@H]2CCCN(c3nc4ccccc4s3)C2)cc(OC)c1OC. The Kier molecular flexibility index (Phi) is 6.46. The van der Waals surface area contributed by atoms with Gasteiger partial charge in [0.15, 0.2) is 16.6 Å². The minimum Gasteiger partial charge on any atom is -0.493 e. The number of hydrogen-bond donors (Lipinski definition) is 1. The van der Waals surface area contributed by atoms with Crippen LogP contribution in [0.1, 0.15) is 18.4 Å². The van der Waals surface area contributed by atoms with E-state index in [9.17, 15) is 4.79 Å². The number of benzene rings is 2. The molecule has 1 aromatic heterocycles. The van der Waals surface area contributed by atoms with Gasteiger partial charge in [0.2, 0.25) is 11.7 Å². The molecule has 31 heavy (non-hydrogen) atoms. The molecule has 0 aliphatic carbocycles. The van der Waals surface area contributed by atoms with E-state index in [1.807, 2.05) is 30.3 Å². The number of ether oxygens (including phenoxy) is 3. The van der Waals surface area contributed by atoms with Crippen LogP contribution in [0.5, 0.6) is 17.2 Å². The second kappa shape index (κ2) is 9.43. The number of rotatable bonds is 7. The van der Waals surface area contributed by atoms with Gasteiger partial charge in [-0.3, -0.25) is 4.79 Å². The number of nitrogens with zero attached hydrogens (tertiary/aromatic N) is 2. The van der Waals surface area contributed by atoms with E-state index in [1.165, 1.54) is 4.70 Å². The number of para-hydroxylation sites is 1.